The normalized spacial score (nSPS) is 17.4. The third kappa shape index (κ3) is 2.94. The summed E-state index contributed by atoms with van der Waals surface area (Å²) in [7, 11) is 0. The maximum absolute atomic E-state index is 5.78. The molecular weight excluding hydrogens is 248 g/mol. The van der Waals surface area contributed by atoms with Crippen LogP contribution in [-0.2, 0) is 6.61 Å². The number of hydrogen-bond donors (Lipinski definition) is 2. The highest BCUT2D eigenvalue weighted by Crippen LogP contribution is 2.23. The van der Waals surface area contributed by atoms with E-state index >= 15 is 0 Å². The van der Waals surface area contributed by atoms with Crippen LogP contribution in [0.4, 0.5) is 0 Å². The largest absolute Gasteiger partial charge is 0.489 e. The molecule has 3 N–H and O–H groups in total. The Balaban J connectivity index is 1.62. The summed E-state index contributed by atoms with van der Waals surface area (Å²) in [5, 5.41) is 3.14. The van der Waals surface area contributed by atoms with Gasteiger partial charge in [-0.3, -0.25) is 0 Å². The monoisotopic (exact) mass is 266 g/mol. The van der Waals surface area contributed by atoms with Gasteiger partial charge in [0.25, 0.3) is 0 Å². The fourth-order valence-electron chi connectivity index (χ4n) is 2.33. The molecule has 0 bridgehead atoms. The van der Waals surface area contributed by atoms with E-state index in [2.05, 4.69) is 35.7 Å². The lowest BCUT2D eigenvalue weighted by Gasteiger charge is -2.10. The number of nitrogens with two attached hydrogens (primary N) is 1. The van der Waals surface area contributed by atoms with Crippen molar-refractivity contribution in [2.24, 2.45) is 5.73 Å². The summed E-state index contributed by atoms with van der Waals surface area (Å²) < 4.78 is 5.78. The summed E-state index contributed by atoms with van der Waals surface area (Å²) in [6, 6.07) is 18.4. The van der Waals surface area contributed by atoms with Crippen LogP contribution in [0.2, 0.25) is 0 Å². The van der Waals surface area contributed by atoms with Crippen molar-refractivity contribution in [3.05, 3.63) is 77.6 Å². The lowest BCUT2D eigenvalue weighted by Crippen LogP contribution is -2.15. The average Bonchev–Trinajstić information content (AvgIpc) is 2.93. The first-order valence-corrected chi connectivity index (χ1v) is 6.79. The van der Waals surface area contributed by atoms with E-state index in [9.17, 15) is 0 Å². The van der Waals surface area contributed by atoms with Crippen LogP contribution >= 0.6 is 0 Å². The Bertz CT molecular complexity index is 590. The van der Waals surface area contributed by atoms with Crippen molar-refractivity contribution < 1.29 is 4.74 Å². The summed E-state index contributed by atoms with van der Waals surface area (Å²) >= 11 is 0. The Morgan fingerprint density at radius 2 is 1.80 bits per heavy atom. The van der Waals surface area contributed by atoms with Crippen molar-refractivity contribution in [3.8, 4) is 5.75 Å². The predicted molar refractivity (Wildman–Crippen MR) is 80.2 cm³/mol. The summed E-state index contributed by atoms with van der Waals surface area (Å²) in [5.41, 5.74) is 8.16. The first kappa shape index (κ1) is 12.6. The fraction of sp³-hybridized carbons (Fsp3) is 0.176. The van der Waals surface area contributed by atoms with Crippen LogP contribution in [0, 0.1) is 0 Å². The van der Waals surface area contributed by atoms with Gasteiger partial charge in [-0.05, 0) is 29.3 Å². The molecule has 2 aromatic rings. The minimum absolute atomic E-state index is 0.359. The number of rotatable bonds is 4. The van der Waals surface area contributed by atoms with Crippen molar-refractivity contribution in [2.75, 3.05) is 6.54 Å². The third-order valence-electron chi connectivity index (χ3n) is 3.46. The third-order valence-corrected chi connectivity index (χ3v) is 3.46. The van der Waals surface area contributed by atoms with E-state index in [4.69, 9.17) is 10.5 Å². The molecule has 1 heterocycles. The van der Waals surface area contributed by atoms with Gasteiger partial charge < -0.3 is 15.8 Å². The van der Waals surface area contributed by atoms with Crippen molar-refractivity contribution in [2.45, 2.75) is 12.5 Å². The van der Waals surface area contributed by atoms with Crippen molar-refractivity contribution in [3.63, 3.8) is 0 Å². The molecule has 0 radical (unpaired) electrons. The highest BCUT2D eigenvalue weighted by atomic mass is 16.5. The second-order valence-corrected chi connectivity index (χ2v) is 4.95. The number of benzene rings is 2. The van der Waals surface area contributed by atoms with Gasteiger partial charge in [0, 0.05) is 12.5 Å². The Morgan fingerprint density at radius 3 is 2.45 bits per heavy atom. The molecule has 20 heavy (non-hydrogen) atoms. The maximum atomic E-state index is 5.78. The zero-order chi connectivity index (χ0) is 13.8. The fourth-order valence-corrected chi connectivity index (χ4v) is 2.33. The van der Waals surface area contributed by atoms with Crippen molar-refractivity contribution >= 4 is 0 Å². The molecule has 0 saturated carbocycles. The van der Waals surface area contributed by atoms with Gasteiger partial charge >= 0.3 is 0 Å². The van der Waals surface area contributed by atoms with E-state index < -0.39 is 0 Å². The molecule has 1 aliphatic heterocycles. The van der Waals surface area contributed by atoms with Gasteiger partial charge in [0.05, 0.1) is 5.82 Å². The lowest BCUT2D eigenvalue weighted by atomic mass is 10.0. The molecule has 1 atom stereocenters. The number of hydrogen-bond acceptors (Lipinski definition) is 3. The highest BCUT2D eigenvalue weighted by molar-refractivity contribution is 5.34. The van der Waals surface area contributed by atoms with Gasteiger partial charge in [-0.15, -0.1) is 0 Å². The van der Waals surface area contributed by atoms with E-state index in [0.29, 0.717) is 12.5 Å². The van der Waals surface area contributed by atoms with Gasteiger partial charge in [0.2, 0.25) is 0 Å². The molecule has 3 rings (SSSR count). The standard InChI is InChI=1S/C17H18N2O/c18-17-10-15(11-19-17)14-6-8-16(9-7-14)20-12-13-4-2-1-3-5-13/h1-10,15,19H,11-12,18H2. The minimum atomic E-state index is 0.359. The summed E-state index contributed by atoms with van der Waals surface area (Å²) in [5.74, 6) is 2.01. The second-order valence-electron chi connectivity index (χ2n) is 4.95. The Kier molecular flexibility index (Phi) is 3.59. The Hall–Kier alpha value is -2.42. The smallest absolute Gasteiger partial charge is 0.119 e. The number of ether oxygens (including phenoxy) is 1. The molecular formula is C17H18N2O. The maximum Gasteiger partial charge on any atom is 0.119 e. The van der Waals surface area contributed by atoms with Crippen LogP contribution in [0.1, 0.15) is 17.0 Å². The van der Waals surface area contributed by atoms with E-state index in [1.165, 1.54) is 11.1 Å². The van der Waals surface area contributed by atoms with Crippen LogP contribution in [-0.4, -0.2) is 6.54 Å². The van der Waals surface area contributed by atoms with Gasteiger partial charge in [-0.1, -0.05) is 42.5 Å². The molecule has 0 fully saturated rings. The minimum Gasteiger partial charge on any atom is -0.489 e. The molecule has 102 valence electrons. The zero-order valence-electron chi connectivity index (χ0n) is 11.3. The summed E-state index contributed by atoms with van der Waals surface area (Å²) in [6.45, 7) is 1.47. The van der Waals surface area contributed by atoms with Gasteiger partial charge in [0.1, 0.15) is 12.4 Å². The van der Waals surface area contributed by atoms with Crippen molar-refractivity contribution in [1.82, 2.24) is 5.32 Å². The molecule has 0 aromatic heterocycles. The second kappa shape index (κ2) is 5.70. The van der Waals surface area contributed by atoms with Crippen LogP contribution in [0.15, 0.2) is 66.5 Å². The molecule has 0 spiro atoms. The van der Waals surface area contributed by atoms with Gasteiger partial charge in [-0.25, -0.2) is 0 Å². The molecule has 0 amide bonds. The van der Waals surface area contributed by atoms with E-state index in [1.54, 1.807) is 0 Å². The molecule has 3 heteroatoms. The zero-order valence-corrected chi connectivity index (χ0v) is 11.3. The Labute approximate surface area is 119 Å². The Morgan fingerprint density at radius 1 is 1.05 bits per heavy atom. The van der Waals surface area contributed by atoms with Crippen LogP contribution < -0.4 is 15.8 Å². The van der Waals surface area contributed by atoms with E-state index in [1.807, 2.05) is 30.3 Å². The molecule has 0 aliphatic carbocycles. The SMILES string of the molecule is NC1=CC(c2ccc(OCc3ccccc3)cc2)CN1. The molecule has 2 aromatic carbocycles. The van der Waals surface area contributed by atoms with Gasteiger partial charge in [0.15, 0.2) is 0 Å². The quantitative estimate of drug-likeness (QED) is 0.894. The van der Waals surface area contributed by atoms with Crippen LogP contribution in [0.3, 0.4) is 0 Å². The average molecular weight is 266 g/mol. The first-order valence-electron chi connectivity index (χ1n) is 6.79. The lowest BCUT2D eigenvalue weighted by molar-refractivity contribution is 0.306. The van der Waals surface area contributed by atoms with Crippen molar-refractivity contribution in [1.29, 1.82) is 0 Å². The topological polar surface area (TPSA) is 47.3 Å². The predicted octanol–water partition coefficient (Wildman–Crippen LogP) is 2.75. The van der Waals surface area contributed by atoms with E-state index in [0.717, 1.165) is 18.1 Å². The van der Waals surface area contributed by atoms with E-state index in [-0.39, 0.29) is 0 Å². The number of nitrogens with one attached hydrogen (secondary N) is 1. The summed E-state index contributed by atoms with van der Waals surface area (Å²) in [6.07, 6.45) is 2.06. The highest BCUT2D eigenvalue weighted by Gasteiger charge is 2.14. The van der Waals surface area contributed by atoms with Crippen LogP contribution in [0.5, 0.6) is 5.75 Å². The molecule has 3 nitrogen and oxygen atoms in total. The summed E-state index contributed by atoms with van der Waals surface area (Å²) in [4.78, 5) is 0. The molecule has 0 saturated heterocycles. The first-order chi connectivity index (χ1) is 9.81. The molecule has 1 aliphatic rings. The molecule has 1 unspecified atom stereocenters. The van der Waals surface area contributed by atoms with Gasteiger partial charge in [-0.2, -0.15) is 0 Å². The van der Waals surface area contributed by atoms with Crippen LogP contribution in [0.25, 0.3) is 0 Å².